The van der Waals surface area contributed by atoms with Crippen molar-refractivity contribution in [2.75, 3.05) is 0 Å². The highest BCUT2D eigenvalue weighted by Gasteiger charge is 2.12. The zero-order valence-corrected chi connectivity index (χ0v) is 12.9. The summed E-state index contributed by atoms with van der Waals surface area (Å²) < 4.78 is 0. The summed E-state index contributed by atoms with van der Waals surface area (Å²) in [6.07, 6.45) is 9.33. The summed E-state index contributed by atoms with van der Waals surface area (Å²) in [4.78, 5) is 3.81. The van der Waals surface area contributed by atoms with Gasteiger partial charge < -0.3 is 5.73 Å². The summed E-state index contributed by atoms with van der Waals surface area (Å²) in [5.41, 5.74) is 7.22. The van der Waals surface area contributed by atoms with Crippen molar-refractivity contribution < 1.29 is 0 Å². The van der Waals surface area contributed by atoms with Gasteiger partial charge in [-0.3, -0.25) is 4.99 Å². The van der Waals surface area contributed by atoms with Crippen LogP contribution in [0.15, 0.2) is 28.9 Å². The Balaban J connectivity index is 4.03. The number of nitrogens with two attached hydrogens (primary N) is 1. The van der Waals surface area contributed by atoms with Crippen LogP contribution in [-0.2, 0) is 0 Å². The van der Waals surface area contributed by atoms with Crippen LogP contribution in [0.5, 0.6) is 0 Å². The second-order valence-electron chi connectivity index (χ2n) is 5.72. The molecule has 0 aliphatic rings. The summed E-state index contributed by atoms with van der Waals surface area (Å²) in [7, 11) is -0.885. The molecule has 98 valence electrons. The number of hydrogen-bond donors (Lipinski definition) is 1. The van der Waals surface area contributed by atoms with Crippen molar-refractivity contribution in [3.63, 3.8) is 0 Å². The van der Waals surface area contributed by atoms with Gasteiger partial charge in [-0.1, -0.05) is 50.7 Å². The molecule has 0 amide bonds. The lowest BCUT2D eigenvalue weighted by molar-refractivity contribution is 0.637. The molecule has 1 unspecified atom stereocenters. The lowest BCUT2D eigenvalue weighted by Crippen LogP contribution is -2.23. The fourth-order valence-corrected chi connectivity index (χ4v) is 3.06. The minimum Gasteiger partial charge on any atom is -0.324 e. The molecule has 0 saturated carbocycles. The third-order valence-electron chi connectivity index (χ3n) is 2.72. The van der Waals surface area contributed by atoms with Crippen LogP contribution < -0.4 is 5.73 Å². The number of rotatable bonds is 8. The van der Waals surface area contributed by atoms with Crippen molar-refractivity contribution in [2.24, 2.45) is 10.7 Å². The van der Waals surface area contributed by atoms with Crippen LogP contribution in [0.4, 0.5) is 0 Å². The molecule has 0 heterocycles. The molecule has 0 bridgehead atoms. The van der Waals surface area contributed by atoms with Crippen molar-refractivity contribution in [2.45, 2.75) is 57.9 Å². The second kappa shape index (κ2) is 8.42. The summed E-state index contributed by atoms with van der Waals surface area (Å²) in [5, 5.41) is 0. The average molecular weight is 252 g/mol. The van der Waals surface area contributed by atoms with Gasteiger partial charge in [0, 0.05) is 20.3 Å². The molecule has 3 heteroatoms. The van der Waals surface area contributed by atoms with E-state index in [0.717, 1.165) is 12.0 Å². The molecule has 0 aromatic rings. The van der Waals surface area contributed by atoms with Crippen LogP contribution in [0, 0.1) is 0 Å². The van der Waals surface area contributed by atoms with E-state index in [9.17, 15) is 0 Å². The molecular formula is C14H28N2Si. The van der Waals surface area contributed by atoms with E-state index in [1.54, 1.807) is 6.20 Å². The Kier molecular flexibility index (Phi) is 8.09. The van der Waals surface area contributed by atoms with Gasteiger partial charge in [-0.2, -0.15) is 0 Å². The SMILES string of the molecule is C=N/C=C(\C=C/C)C(N)CCCC[Si](C)(C)C. The average Bonchev–Trinajstić information content (AvgIpc) is 2.22. The topological polar surface area (TPSA) is 38.4 Å². The van der Waals surface area contributed by atoms with Crippen LogP contribution in [0.1, 0.15) is 26.2 Å². The maximum Gasteiger partial charge on any atom is 0.0442 e. The van der Waals surface area contributed by atoms with E-state index >= 15 is 0 Å². The Morgan fingerprint density at radius 3 is 2.47 bits per heavy atom. The molecule has 0 rings (SSSR count). The first-order valence-corrected chi connectivity index (χ1v) is 10.2. The van der Waals surface area contributed by atoms with E-state index in [2.05, 4.69) is 31.4 Å². The number of nitrogens with zero attached hydrogens (tertiary/aromatic N) is 1. The molecule has 17 heavy (non-hydrogen) atoms. The molecule has 0 aromatic carbocycles. The predicted molar refractivity (Wildman–Crippen MR) is 82.4 cm³/mol. The summed E-state index contributed by atoms with van der Waals surface area (Å²) in [6, 6.07) is 1.49. The van der Waals surface area contributed by atoms with Gasteiger partial charge in [0.1, 0.15) is 0 Å². The maximum atomic E-state index is 6.14. The molecule has 0 saturated heterocycles. The molecule has 1 atom stereocenters. The fourth-order valence-electron chi connectivity index (χ4n) is 1.75. The Hall–Kier alpha value is -0.673. The van der Waals surface area contributed by atoms with Crippen molar-refractivity contribution in [1.29, 1.82) is 0 Å². The number of unbranched alkanes of at least 4 members (excludes halogenated alkanes) is 1. The van der Waals surface area contributed by atoms with Crippen LogP contribution in [0.2, 0.25) is 25.7 Å². The normalized spacial score (nSPS) is 15.2. The van der Waals surface area contributed by atoms with Crippen LogP contribution in [0.25, 0.3) is 0 Å². The van der Waals surface area contributed by atoms with E-state index in [-0.39, 0.29) is 6.04 Å². The van der Waals surface area contributed by atoms with Gasteiger partial charge in [0.2, 0.25) is 0 Å². The van der Waals surface area contributed by atoms with Gasteiger partial charge in [0.05, 0.1) is 0 Å². The minimum absolute atomic E-state index is 0.0957. The Morgan fingerprint density at radius 1 is 1.35 bits per heavy atom. The van der Waals surface area contributed by atoms with Gasteiger partial charge in [0.15, 0.2) is 0 Å². The molecule has 0 aliphatic heterocycles. The standard InChI is InChI=1S/C14H28N2Si/c1-6-9-13(12-16-2)14(15)10-7-8-11-17(3,4)5/h6,9,12,14H,2,7-8,10-11,15H2,1,3-5H3/b9-6-,13-12+. The van der Waals surface area contributed by atoms with E-state index in [1.807, 2.05) is 19.1 Å². The molecule has 0 fully saturated rings. The van der Waals surface area contributed by atoms with Crippen molar-refractivity contribution in [3.05, 3.63) is 23.9 Å². The first kappa shape index (κ1) is 16.3. The number of hydrogen-bond acceptors (Lipinski definition) is 2. The van der Waals surface area contributed by atoms with Crippen molar-refractivity contribution in [1.82, 2.24) is 0 Å². The molecule has 2 nitrogen and oxygen atoms in total. The van der Waals surface area contributed by atoms with Crippen molar-refractivity contribution in [3.8, 4) is 0 Å². The summed E-state index contributed by atoms with van der Waals surface area (Å²) in [6.45, 7) is 12.7. The van der Waals surface area contributed by atoms with Crippen LogP contribution in [0.3, 0.4) is 0 Å². The number of aliphatic imine (C=N–C) groups is 1. The minimum atomic E-state index is -0.885. The molecule has 0 aromatic heterocycles. The molecule has 0 spiro atoms. The predicted octanol–water partition coefficient (Wildman–Crippen LogP) is 3.98. The van der Waals surface area contributed by atoms with Gasteiger partial charge >= 0.3 is 0 Å². The maximum absolute atomic E-state index is 6.14. The van der Waals surface area contributed by atoms with Gasteiger partial charge in [-0.05, 0) is 25.6 Å². The zero-order chi connectivity index (χ0) is 13.3. The smallest absolute Gasteiger partial charge is 0.0442 e. The van der Waals surface area contributed by atoms with E-state index in [1.165, 1.54) is 18.9 Å². The van der Waals surface area contributed by atoms with Gasteiger partial charge in [-0.25, -0.2) is 0 Å². The monoisotopic (exact) mass is 252 g/mol. The molecule has 0 aliphatic carbocycles. The first-order chi connectivity index (χ1) is 7.90. The van der Waals surface area contributed by atoms with Crippen LogP contribution >= 0.6 is 0 Å². The highest BCUT2D eigenvalue weighted by atomic mass is 28.3. The number of allylic oxidation sites excluding steroid dienone is 1. The Morgan fingerprint density at radius 2 is 2.00 bits per heavy atom. The summed E-state index contributed by atoms with van der Waals surface area (Å²) >= 11 is 0. The lowest BCUT2D eigenvalue weighted by Gasteiger charge is -2.17. The van der Waals surface area contributed by atoms with Gasteiger partial charge in [-0.15, -0.1) is 0 Å². The zero-order valence-electron chi connectivity index (χ0n) is 11.9. The molecule has 2 N–H and O–H groups in total. The first-order valence-electron chi connectivity index (χ1n) is 6.45. The largest absolute Gasteiger partial charge is 0.324 e. The Labute approximate surface area is 108 Å². The van der Waals surface area contributed by atoms with Gasteiger partial charge in [0.25, 0.3) is 0 Å². The third kappa shape index (κ3) is 9.07. The Bertz CT molecular complexity index is 274. The van der Waals surface area contributed by atoms with Crippen LogP contribution in [-0.4, -0.2) is 20.8 Å². The highest BCUT2D eigenvalue weighted by Crippen LogP contribution is 2.16. The quantitative estimate of drug-likeness (QED) is 0.302. The molecule has 0 radical (unpaired) electrons. The third-order valence-corrected chi connectivity index (χ3v) is 4.57. The van der Waals surface area contributed by atoms with E-state index in [0.29, 0.717) is 0 Å². The fraction of sp³-hybridized carbons (Fsp3) is 0.643. The highest BCUT2D eigenvalue weighted by molar-refractivity contribution is 6.76. The lowest BCUT2D eigenvalue weighted by atomic mass is 10.0. The van der Waals surface area contributed by atoms with E-state index in [4.69, 9.17) is 5.73 Å². The van der Waals surface area contributed by atoms with Crippen molar-refractivity contribution >= 4 is 14.8 Å². The summed E-state index contributed by atoms with van der Waals surface area (Å²) in [5.74, 6) is 0. The van der Waals surface area contributed by atoms with E-state index < -0.39 is 8.07 Å². The molecular weight excluding hydrogens is 224 g/mol. The second-order valence-corrected chi connectivity index (χ2v) is 11.3.